The molecule has 0 aliphatic rings. The maximum absolute atomic E-state index is 13.4. The van der Waals surface area contributed by atoms with Gasteiger partial charge < -0.3 is 20.7 Å². The van der Waals surface area contributed by atoms with Gasteiger partial charge in [0, 0.05) is 33.7 Å². The molecule has 4 rings (SSSR count). The van der Waals surface area contributed by atoms with Crippen LogP contribution in [0.25, 0.3) is 6.08 Å². The van der Waals surface area contributed by atoms with E-state index in [4.69, 9.17) is 4.74 Å². The number of hydrogen-bond acceptors (Lipinski definition) is 10. The van der Waals surface area contributed by atoms with Crippen molar-refractivity contribution in [2.24, 2.45) is 0 Å². The van der Waals surface area contributed by atoms with Gasteiger partial charge in [-0.2, -0.15) is 0 Å². The molecule has 0 radical (unpaired) electrons. The number of non-ortho nitro benzene ring substituents is 1. The summed E-state index contributed by atoms with van der Waals surface area (Å²) < 4.78 is 4.93. The molecule has 0 aliphatic heterocycles. The van der Waals surface area contributed by atoms with Crippen LogP contribution in [0.15, 0.2) is 94.8 Å². The number of thiazole rings is 1. The Morgan fingerprint density at radius 2 is 1.76 bits per heavy atom. The first-order valence-corrected chi connectivity index (χ1v) is 15.7. The maximum Gasteiger partial charge on any atom is 0.311 e. The van der Waals surface area contributed by atoms with Gasteiger partial charge in [0.2, 0.25) is 5.91 Å². The Labute approximate surface area is 272 Å². The van der Waals surface area contributed by atoms with Gasteiger partial charge in [0.1, 0.15) is 5.70 Å². The molecule has 1 atom stereocenters. The molecule has 0 saturated carbocycles. The second-order valence-electron chi connectivity index (χ2n) is 9.58. The summed E-state index contributed by atoms with van der Waals surface area (Å²) in [5.74, 6) is -1.83. The summed E-state index contributed by atoms with van der Waals surface area (Å²) >= 11 is 2.46. The Kier molecular flexibility index (Phi) is 11.7. The molecule has 12 nitrogen and oxygen atoms in total. The van der Waals surface area contributed by atoms with Crippen molar-refractivity contribution >= 4 is 69.4 Å². The van der Waals surface area contributed by atoms with Crippen LogP contribution in [-0.2, 0) is 25.5 Å². The lowest BCUT2D eigenvalue weighted by Gasteiger charge is -2.13. The molecular formula is C32H29N5O7S2. The van der Waals surface area contributed by atoms with Crippen LogP contribution < -0.4 is 16.0 Å². The minimum atomic E-state index is -0.627. The highest BCUT2D eigenvalue weighted by atomic mass is 32.2. The molecule has 3 aromatic carbocycles. The molecule has 1 aromatic heterocycles. The third-order valence-corrected chi connectivity index (χ3v) is 8.03. The first-order chi connectivity index (χ1) is 22.1. The summed E-state index contributed by atoms with van der Waals surface area (Å²) in [7, 11) is 0. The van der Waals surface area contributed by atoms with Crippen LogP contribution in [0.1, 0.15) is 35.5 Å². The van der Waals surface area contributed by atoms with Crippen molar-refractivity contribution in [2.75, 3.05) is 17.2 Å². The molecule has 0 fully saturated rings. The molecule has 3 amide bonds. The average molecular weight is 660 g/mol. The van der Waals surface area contributed by atoms with Crippen molar-refractivity contribution in [2.45, 2.75) is 30.4 Å². The van der Waals surface area contributed by atoms with E-state index in [1.54, 1.807) is 73.8 Å². The second-order valence-corrected chi connectivity index (χ2v) is 11.9. The third kappa shape index (κ3) is 9.84. The summed E-state index contributed by atoms with van der Waals surface area (Å²) in [6.07, 6.45) is 1.44. The number of carbonyl (C=O) groups is 4. The number of thioether (sulfide) groups is 1. The third-order valence-electron chi connectivity index (χ3n) is 6.13. The van der Waals surface area contributed by atoms with Crippen molar-refractivity contribution < 1.29 is 28.8 Å². The number of anilines is 2. The summed E-state index contributed by atoms with van der Waals surface area (Å²) in [5.41, 5.74) is 1.52. The normalized spacial score (nSPS) is 11.7. The van der Waals surface area contributed by atoms with E-state index in [2.05, 4.69) is 20.9 Å². The van der Waals surface area contributed by atoms with Gasteiger partial charge in [-0.3, -0.25) is 29.3 Å². The van der Waals surface area contributed by atoms with Crippen molar-refractivity contribution in [1.29, 1.82) is 0 Å². The van der Waals surface area contributed by atoms with Gasteiger partial charge in [-0.05, 0) is 68.0 Å². The zero-order chi connectivity index (χ0) is 33.1. The zero-order valence-electron chi connectivity index (χ0n) is 24.7. The Balaban J connectivity index is 1.44. The summed E-state index contributed by atoms with van der Waals surface area (Å²) in [6.45, 7) is 3.72. The Bertz CT molecular complexity index is 1760. The molecule has 0 saturated heterocycles. The molecule has 4 aromatic rings. The number of nitrogens with zero attached hydrogens (tertiary/aromatic N) is 2. The minimum absolute atomic E-state index is 0.0176. The smallest absolute Gasteiger partial charge is 0.311 e. The van der Waals surface area contributed by atoms with Gasteiger partial charge in [-0.1, -0.05) is 24.3 Å². The number of carbonyl (C=O) groups excluding carboxylic acids is 4. The first kappa shape index (κ1) is 33.6. The van der Waals surface area contributed by atoms with Gasteiger partial charge >= 0.3 is 5.97 Å². The molecule has 0 bridgehead atoms. The van der Waals surface area contributed by atoms with Crippen LogP contribution in [-0.4, -0.2) is 45.5 Å². The van der Waals surface area contributed by atoms with E-state index in [9.17, 15) is 29.3 Å². The number of nitro groups is 1. The molecule has 1 unspecified atom stereocenters. The van der Waals surface area contributed by atoms with Crippen LogP contribution in [0.3, 0.4) is 0 Å². The van der Waals surface area contributed by atoms with E-state index in [1.165, 1.54) is 53.4 Å². The highest BCUT2D eigenvalue weighted by Crippen LogP contribution is 2.27. The fourth-order valence-electron chi connectivity index (χ4n) is 3.92. The van der Waals surface area contributed by atoms with Gasteiger partial charge in [0.25, 0.3) is 17.5 Å². The topological polar surface area (TPSA) is 170 Å². The number of nitro benzene ring substituents is 1. The number of ether oxygens (including phenoxy) is 1. The largest absolute Gasteiger partial charge is 0.466 e. The number of nitrogens with one attached hydrogen (secondary N) is 3. The summed E-state index contributed by atoms with van der Waals surface area (Å²) in [6, 6.07) is 20.7. The summed E-state index contributed by atoms with van der Waals surface area (Å²) in [4.78, 5) is 66.3. The average Bonchev–Trinajstić information content (AvgIpc) is 3.47. The highest BCUT2D eigenvalue weighted by molar-refractivity contribution is 8.00. The molecule has 14 heteroatoms. The van der Waals surface area contributed by atoms with Crippen LogP contribution >= 0.6 is 23.1 Å². The summed E-state index contributed by atoms with van der Waals surface area (Å²) in [5, 5.41) is 20.7. The highest BCUT2D eigenvalue weighted by Gasteiger charge is 2.19. The lowest BCUT2D eigenvalue weighted by molar-refractivity contribution is -0.384. The van der Waals surface area contributed by atoms with Crippen molar-refractivity contribution in [3.63, 3.8) is 0 Å². The fourth-order valence-corrected chi connectivity index (χ4v) is 5.56. The van der Waals surface area contributed by atoms with E-state index in [0.717, 1.165) is 0 Å². The second kappa shape index (κ2) is 16.1. The lowest BCUT2D eigenvalue weighted by atomic mass is 10.1. The maximum atomic E-state index is 13.4. The number of aromatic nitrogens is 1. The molecule has 0 aliphatic carbocycles. The molecule has 0 spiro atoms. The van der Waals surface area contributed by atoms with Crippen LogP contribution in [0, 0.1) is 10.1 Å². The van der Waals surface area contributed by atoms with Crippen LogP contribution in [0.2, 0.25) is 0 Å². The standard InChI is InChI=1S/C32H29N5O7S2/c1-3-44-28(38)18-24-19-45-32(34-24)36-29(39)20(2)46-26-11-7-10-23(17-26)33-31(41)27(35-30(40)22-8-5-4-6-9-22)16-21-12-14-25(15-13-21)37(42)43/h4-17,19-20H,3,18H2,1-2H3,(H,33,41)(H,35,40)(H,34,36,39)/b27-16+. The predicted octanol–water partition coefficient (Wildman–Crippen LogP) is 5.69. The van der Waals surface area contributed by atoms with Crippen molar-refractivity contribution in [3.8, 4) is 0 Å². The monoisotopic (exact) mass is 659 g/mol. The van der Waals surface area contributed by atoms with Gasteiger partial charge in [0.15, 0.2) is 5.13 Å². The van der Waals surface area contributed by atoms with Crippen molar-refractivity contribution in [1.82, 2.24) is 10.3 Å². The van der Waals surface area contributed by atoms with Gasteiger partial charge in [0.05, 0.1) is 28.9 Å². The van der Waals surface area contributed by atoms with E-state index in [1.807, 2.05) is 0 Å². The molecule has 46 heavy (non-hydrogen) atoms. The van der Waals surface area contributed by atoms with Crippen molar-refractivity contribution in [3.05, 3.63) is 117 Å². The number of esters is 1. The van der Waals surface area contributed by atoms with Crippen LogP contribution in [0.5, 0.6) is 0 Å². The number of hydrogen-bond donors (Lipinski definition) is 3. The number of benzene rings is 3. The quantitative estimate of drug-likeness (QED) is 0.0537. The minimum Gasteiger partial charge on any atom is -0.466 e. The first-order valence-electron chi connectivity index (χ1n) is 13.9. The molecular weight excluding hydrogens is 631 g/mol. The zero-order valence-corrected chi connectivity index (χ0v) is 26.4. The Morgan fingerprint density at radius 3 is 2.46 bits per heavy atom. The number of amides is 3. The molecule has 236 valence electrons. The van der Waals surface area contributed by atoms with E-state index in [0.29, 0.717) is 32.5 Å². The lowest BCUT2D eigenvalue weighted by Crippen LogP contribution is -2.30. The Hall–Kier alpha value is -5.34. The SMILES string of the molecule is CCOC(=O)Cc1csc(NC(=O)C(C)Sc2cccc(NC(=O)/C(=C\c3ccc([N+](=O)[O-])cc3)NC(=O)c3ccccc3)c2)n1. The van der Waals surface area contributed by atoms with E-state index < -0.39 is 28.0 Å². The van der Waals surface area contributed by atoms with E-state index >= 15 is 0 Å². The molecule has 3 N–H and O–H groups in total. The van der Waals surface area contributed by atoms with Crippen LogP contribution in [0.4, 0.5) is 16.5 Å². The Morgan fingerprint density at radius 1 is 1.02 bits per heavy atom. The number of rotatable bonds is 13. The fraction of sp³-hybridized carbons (Fsp3) is 0.156. The molecule has 1 heterocycles. The van der Waals surface area contributed by atoms with Gasteiger partial charge in [-0.15, -0.1) is 23.1 Å². The van der Waals surface area contributed by atoms with E-state index in [-0.39, 0.29) is 30.3 Å². The predicted molar refractivity (Wildman–Crippen MR) is 176 cm³/mol. The van der Waals surface area contributed by atoms with Gasteiger partial charge in [-0.25, -0.2) is 4.98 Å².